The van der Waals surface area contributed by atoms with Crippen LogP contribution in [0.4, 0.5) is 11.4 Å². The molecule has 1 amide bonds. The van der Waals surface area contributed by atoms with E-state index in [9.17, 15) is 4.79 Å². The zero-order chi connectivity index (χ0) is 13.1. The van der Waals surface area contributed by atoms with Crippen molar-refractivity contribution in [2.75, 3.05) is 17.6 Å². The van der Waals surface area contributed by atoms with Gasteiger partial charge in [0.25, 0.3) is 5.91 Å². The zero-order valence-electron chi connectivity index (χ0n) is 10.8. The number of nitrogens with two attached hydrogens (primary N) is 2. The molecule has 18 heavy (non-hydrogen) atoms. The number of primary amides is 1. The number of rotatable bonds is 4. The smallest absolute Gasteiger partial charge is 0.250 e. The predicted octanol–water partition coefficient (Wildman–Crippen LogP) is 2.22. The van der Waals surface area contributed by atoms with Gasteiger partial charge in [-0.05, 0) is 36.5 Å². The summed E-state index contributed by atoms with van der Waals surface area (Å²) >= 11 is 0. The van der Waals surface area contributed by atoms with Gasteiger partial charge in [-0.1, -0.05) is 19.8 Å². The fraction of sp³-hybridized carbons (Fsp3) is 0.500. The van der Waals surface area contributed by atoms with Crippen LogP contribution in [-0.4, -0.2) is 12.5 Å². The van der Waals surface area contributed by atoms with E-state index in [-0.39, 0.29) is 0 Å². The monoisotopic (exact) mass is 247 g/mol. The number of hydrogen-bond acceptors (Lipinski definition) is 3. The Morgan fingerprint density at radius 1 is 1.44 bits per heavy atom. The van der Waals surface area contributed by atoms with E-state index in [1.54, 1.807) is 12.1 Å². The first-order valence-electron chi connectivity index (χ1n) is 6.51. The van der Waals surface area contributed by atoms with Crippen molar-refractivity contribution in [1.29, 1.82) is 0 Å². The zero-order valence-corrected chi connectivity index (χ0v) is 10.8. The van der Waals surface area contributed by atoms with E-state index >= 15 is 0 Å². The Hall–Kier alpha value is -1.71. The Morgan fingerprint density at radius 2 is 2.22 bits per heavy atom. The van der Waals surface area contributed by atoms with Gasteiger partial charge in [-0.15, -0.1) is 0 Å². The number of nitrogens with one attached hydrogen (secondary N) is 1. The lowest BCUT2D eigenvalue weighted by Gasteiger charge is -2.18. The molecule has 0 aromatic heterocycles. The Labute approximate surface area is 108 Å². The molecule has 0 radical (unpaired) electrons. The standard InChI is InChI=1S/C14H21N3O/c1-9-3-2-4-10(9)8-17-13-6-5-11(15)7-12(13)14(16)18/h5-7,9-10,17H,2-4,8,15H2,1H3,(H2,16,18). The molecule has 98 valence electrons. The van der Waals surface area contributed by atoms with Crippen LogP contribution in [-0.2, 0) is 0 Å². The summed E-state index contributed by atoms with van der Waals surface area (Å²) in [4.78, 5) is 11.4. The molecule has 4 heteroatoms. The summed E-state index contributed by atoms with van der Waals surface area (Å²) < 4.78 is 0. The van der Waals surface area contributed by atoms with Crippen molar-refractivity contribution in [3.8, 4) is 0 Å². The lowest BCUT2D eigenvalue weighted by Crippen LogP contribution is -2.20. The second kappa shape index (κ2) is 5.29. The topological polar surface area (TPSA) is 81.1 Å². The van der Waals surface area contributed by atoms with E-state index in [1.807, 2.05) is 6.07 Å². The molecule has 1 fully saturated rings. The highest BCUT2D eigenvalue weighted by Gasteiger charge is 2.23. The minimum atomic E-state index is -0.440. The van der Waals surface area contributed by atoms with Crippen molar-refractivity contribution < 1.29 is 4.79 Å². The summed E-state index contributed by atoms with van der Waals surface area (Å²) in [5.74, 6) is 0.996. The molecule has 5 N–H and O–H groups in total. The molecule has 0 saturated heterocycles. The number of nitrogen functional groups attached to an aromatic ring is 1. The van der Waals surface area contributed by atoms with Gasteiger partial charge in [0.05, 0.1) is 5.56 Å². The molecule has 0 heterocycles. The number of amides is 1. The van der Waals surface area contributed by atoms with Crippen LogP contribution in [0.3, 0.4) is 0 Å². The quantitative estimate of drug-likeness (QED) is 0.713. The number of carbonyl (C=O) groups is 1. The summed E-state index contributed by atoms with van der Waals surface area (Å²) in [6, 6.07) is 5.24. The lowest BCUT2D eigenvalue weighted by molar-refractivity contribution is 0.100. The molecule has 1 saturated carbocycles. The molecule has 0 spiro atoms. The molecule has 0 bridgehead atoms. The maximum Gasteiger partial charge on any atom is 0.250 e. The van der Waals surface area contributed by atoms with Gasteiger partial charge >= 0.3 is 0 Å². The third kappa shape index (κ3) is 2.75. The minimum Gasteiger partial charge on any atom is -0.399 e. The van der Waals surface area contributed by atoms with Gasteiger partial charge in [0.15, 0.2) is 0 Å². The third-order valence-corrected chi connectivity index (χ3v) is 3.90. The van der Waals surface area contributed by atoms with E-state index in [4.69, 9.17) is 11.5 Å². The summed E-state index contributed by atoms with van der Waals surface area (Å²) in [7, 11) is 0. The van der Waals surface area contributed by atoms with Crippen LogP contribution in [0, 0.1) is 11.8 Å². The molecular formula is C14H21N3O. The van der Waals surface area contributed by atoms with E-state index in [0.29, 0.717) is 17.2 Å². The van der Waals surface area contributed by atoms with Gasteiger partial charge in [0.1, 0.15) is 0 Å². The Kier molecular flexibility index (Phi) is 3.75. The highest BCUT2D eigenvalue weighted by molar-refractivity contribution is 5.99. The van der Waals surface area contributed by atoms with Crippen molar-refractivity contribution in [3.63, 3.8) is 0 Å². The molecule has 2 unspecified atom stereocenters. The Morgan fingerprint density at radius 3 is 2.83 bits per heavy atom. The molecule has 1 aliphatic rings. The van der Waals surface area contributed by atoms with Crippen LogP contribution < -0.4 is 16.8 Å². The number of carbonyl (C=O) groups excluding carboxylic acids is 1. The summed E-state index contributed by atoms with van der Waals surface area (Å²) in [5, 5.41) is 3.34. The van der Waals surface area contributed by atoms with Crippen molar-refractivity contribution in [2.45, 2.75) is 26.2 Å². The van der Waals surface area contributed by atoms with Gasteiger partial charge in [0.2, 0.25) is 0 Å². The van der Waals surface area contributed by atoms with Crippen LogP contribution in [0.25, 0.3) is 0 Å². The Balaban J connectivity index is 2.06. The predicted molar refractivity (Wildman–Crippen MR) is 74.4 cm³/mol. The van der Waals surface area contributed by atoms with Gasteiger partial charge < -0.3 is 16.8 Å². The van der Waals surface area contributed by atoms with Crippen molar-refractivity contribution in [3.05, 3.63) is 23.8 Å². The van der Waals surface area contributed by atoms with Crippen LogP contribution >= 0.6 is 0 Å². The second-order valence-electron chi connectivity index (χ2n) is 5.22. The summed E-state index contributed by atoms with van der Waals surface area (Å²) in [6.07, 6.45) is 3.86. The van der Waals surface area contributed by atoms with Gasteiger partial charge in [-0.2, -0.15) is 0 Å². The number of hydrogen-bond donors (Lipinski definition) is 3. The lowest BCUT2D eigenvalue weighted by atomic mass is 9.98. The van der Waals surface area contributed by atoms with E-state index in [0.717, 1.165) is 18.2 Å². The third-order valence-electron chi connectivity index (χ3n) is 3.90. The molecule has 1 aromatic carbocycles. The van der Waals surface area contributed by atoms with Crippen molar-refractivity contribution in [1.82, 2.24) is 0 Å². The average Bonchev–Trinajstić information content (AvgIpc) is 2.73. The first-order valence-corrected chi connectivity index (χ1v) is 6.51. The maximum absolute atomic E-state index is 11.4. The Bertz CT molecular complexity index is 445. The number of anilines is 2. The molecule has 0 aliphatic heterocycles. The SMILES string of the molecule is CC1CCCC1CNc1ccc(N)cc1C(N)=O. The van der Waals surface area contributed by atoms with E-state index in [2.05, 4.69) is 12.2 Å². The fourth-order valence-corrected chi connectivity index (χ4v) is 2.69. The van der Waals surface area contributed by atoms with Crippen LogP contribution in [0.2, 0.25) is 0 Å². The van der Waals surface area contributed by atoms with Crippen LogP contribution in [0.5, 0.6) is 0 Å². The van der Waals surface area contributed by atoms with Crippen LogP contribution in [0.1, 0.15) is 36.5 Å². The van der Waals surface area contributed by atoms with Crippen molar-refractivity contribution in [2.24, 2.45) is 17.6 Å². The first-order chi connectivity index (χ1) is 8.58. The average molecular weight is 247 g/mol. The number of benzene rings is 1. The summed E-state index contributed by atoms with van der Waals surface area (Å²) in [5.41, 5.74) is 12.8. The first kappa shape index (κ1) is 12.7. The largest absolute Gasteiger partial charge is 0.399 e. The molecule has 4 nitrogen and oxygen atoms in total. The normalized spacial score (nSPS) is 22.9. The molecule has 2 atom stereocenters. The molecule has 2 rings (SSSR count). The second-order valence-corrected chi connectivity index (χ2v) is 5.22. The van der Waals surface area contributed by atoms with Crippen LogP contribution in [0.15, 0.2) is 18.2 Å². The van der Waals surface area contributed by atoms with E-state index < -0.39 is 5.91 Å². The maximum atomic E-state index is 11.4. The summed E-state index contributed by atoms with van der Waals surface area (Å²) in [6.45, 7) is 3.18. The van der Waals surface area contributed by atoms with Gasteiger partial charge in [-0.3, -0.25) is 4.79 Å². The van der Waals surface area contributed by atoms with Gasteiger partial charge in [0, 0.05) is 17.9 Å². The molecule has 1 aliphatic carbocycles. The highest BCUT2D eigenvalue weighted by Crippen LogP contribution is 2.31. The van der Waals surface area contributed by atoms with Crippen molar-refractivity contribution >= 4 is 17.3 Å². The van der Waals surface area contributed by atoms with E-state index in [1.165, 1.54) is 19.3 Å². The minimum absolute atomic E-state index is 0.440. The fourth-order valence-electron chi connectivity index (χ4n) is 2.69. The molecule has 1 aromatic rings. The molecular weight excluding hydrogens is 226 g/mol. The highest BCUT2D eigenvalue weighted by atomic mass is 16.1. The van der Waals surface area contributed by atoms with Gasteiger partial charge in [-0.25, -0.2) is 0 Å².